The minimum absolute atomic E-state index is 0.0554. The summed E-state index contributed by atoms with van der Waals surface area (Å²) in [5.41, 5.74) is 0.777. The van der Waals surface area contributed by atoms with Gasteiger partial charge in [-0.3, -0.25) is 4.79 Å². The normalized spacial score (nSPS) is 12.1. The lowest BCUT2D eigenvalue weighted by molar-refractivity contribution is -0.129. The maximum atomic E-state index is 12.3. The third kappa shape index (κ3) is 4.24. The molecule has 0 aliphatic rings. The summed E-state index contributed by atoms with van der Waals surface area (Å²) >= 11 is 7.06. The summed E-state index contributed by atoms with van der Waals surface area (Å²) < 4.78 is 10.9. The number of halogens is 1. The standard InChI is InChI=1S/C17H16ClN3O3S/c1-11(14-4-3-9-23-14)21(2)15(22)10-25-17-20-19-16(24-17)12-5-7-13(18)8-6-12/h3-9,11H,10H2,1-2H3. The highest BCUT2D eigenvalue weighted by molar-refractivity contribution is 7.99. The largest absolute Gasteiger partial charge is 0.467 e. The molecular formula is C17H16ClN3O3S. The number of carbonyl (C=O) groups is 1. The molecule has 0 fully saturated rings. The van der Waals surface area contributed by atoms with E-state index >= 15 is 0 Å². The summed E-state index contributed by atoms with van der Waals surface area (Å²) in [5, 5.41) is 8.94. The monoisotopic (exact) mass is 377 g/mol. The van der Waals surface area contributed by atoms with Crippen molar-refractivity contribution >= 4 is 29.3 Å². The second-order valence-corrected chi connectivity index (χ2v) is 6.73. The quantitative estimate of drug-likeness (QED) is 0.596. The van der Waals surface area contributed by atoms with Crippen LogP contribution in [0.3, 0.4) is 0 Å². The van der Waals surface area contributed by atoms with E-state index < -0.39 is 0 Å². The Kier molecular flexibility index (Phi) is 5.45. The highest BCUT2D eigenvalue weighted by Crippen LogP contribution is 2.25. The van der Waals surface area contributed by atoms with E-state index in [9.17, 15) is 4.79 Å². The first kappa shape index (κ1) is 17.6. The molecule has 1 unspecified atom stereocenters. The average Bonchev–Trinajstić information content (AvgIpc) is 3.31. The van der Waals surface area contributed by atoms with E-state index in [-0.39, 0.29) is 17.7 Å². The first-order chi connectivity index (χ1) is 12.0. The van der Waals surface area contributed by atoms with Crippen LogP contribution in [0, 0.1) is 0 Å². The molecule has 1 atom stereocenters. The summed E-state index contributed by atoms with van der Waals surface area (Å²) in [7, 11) is 1.74. The van der Waals surface area contributed by atoms with Crippen LogP contribution in [0.4, 0.5) is 0 Å². The van der Waals surface area contributed by atoms with Crippen molar-refractivity contribution in [3.63, 3.8) is 0 Å². The Hall–Kier alpha value is -2.25. The van der Waals surface area contributed by atoms with Crippen molar-refractivity contribution in [2.75, 3.05) is 12.8 Å². The number of thioether (sulfide) groups is 1. The Balaban J connectivity index is 1.58. The summed E-state index contributed by atoms with van der Waals surface area (Å²) in [6.45, 7) is 1.91. The molecular weight excluding hydrogens is 362 g/mol. The molecule has 0 spiro atoms. The zero-order valence-corrected chi connectivity index (χ0v) is 15.3. The van der Waals surface area contributed by atoms with Gasteiger partial charge in [0, 0.05) is 17.6 Å². The van der Waals surface area contributed by atoms with Crippen molar-refractivity contribution in [1.29, 1.82) is 0 Å². The third-order valence-corrected chi connectivity index (χ3v) is 4.80. The van der Waals surface area contributed by atoms with Gasteiger partial charge in [0.2, 0.25) is 11.8 Å². The van der Waals surface area contributed by atoms with Crippen molar-refractivity contribution in [2.45, 2.75) is 18.2 Å². The number of amides is 1. The molecule has 0 saturated carbocycles. The number of rotatable bonds is 6. The van der Waals surface area contributed by atoms with Crippen molar-refractivity contribution < 1.29 is 13.6 Å². The topological polar surface area (TPSA) is 72.4 Å². The number of nitrogens with zero attached hydrogens (tertiary/aromatic N) is 3. The van der Waals surface area contributed by atoms with Gasteiger partial charge in [-0.15, -0.1) is 10.2 Å². The van der Waals surface area contributed by atoms with E-state index in [2.05, 4.69) is 10.2 Å². The minimum atomic E-state index is -0.143. The van der Waals surface area contributed by atoms with Crippen molar-refractivity contribution in [1.82, 2.24) is 15.1 Å². The van der Waals surface area contributed by atoms with Crippen LogP contribution in [0.15, 0.2) is 56.7 Å². The molecule has 3 aromatic rings. The van der Waals surface area contributed by atoms with Crippen molar-refractivity contribution in [3.05, 3.63) is 53.4 Å². The molecule has 1 aromatic carbocycles. The Labute approximate surface area is 154 Å². The van der Waals surface area contributed by atoms with Crippen LogP contribution < -0.4 is 0 Å². The van der Waals surface area contributed by atoms with E-state index in [0.29, 0.717) is 16.1 Å². The van der Waals surface area contributed by atoms with E-state index in [1.54, 1.807) is 48.5 Å². The van der Waals surface area contributed by atoms with Gasteiger partial charge in [-0.2, -0.15) is 0 Å². The smallest absolute Gasteiger partial charge is 0.277 e. The molecule has 0 aliphatic carbocycles. The second-order valence-electron chi connectivity index (χ2n) is 5.36. The predicted molar refractivity (Wildman–Crippen MR) is 95.4 cm³/mol. The van der Waals surface area contributed by atoms with Crippen LogP contribution in [-0.4, -0.2) is 33.8 Å². The molecule has 3 rings (SSSR count). The van der Waals surface area contributed by atoms with Crippen LogP contribution in [0.2, 0.25) is 5.02 Å². The van der Waals surface area contributed by atoms with Gasteiger partial charge in [0.05, 0.1) is 18.1 Å². The number of furan rings is 1. The molecule has 130 valence electrons. The molecule has 0 N–H and O–H groups in total. The first-order valence-corrected chi connectivity index (χ1v) is 8.92. The fraction of sp³-hybridized carbons (Fsp3) is 0.235. The van der Waals surface area contributed by atoms with Crippen LogP contribution in [0.25, 0.3) is 11.5 Å². The lowest BCUT2D eigenvalue weighted by Crippen LogP contribution is -2.30. The highest BCUT2D eigenvalue weighted by atomic mass is 35.5. The van der Waals surface area contributed by atoms with Crippen LogP contribution in [-0.2, 0) is 4.79 Å². The van der Waals surface area contributed by atoms with Crippen molar-refractivity contribution in [3.8, 4) is 11.5 Å². The maximum Gasteiger partial charge on any atom is 0.277 e. The molecule has 8 heteroatoms. The summed E-state index contributed by atoms with van der Waals surface area (Å²) in [5.74, 6) is 1.27. The van der Waals surface area contributed by atoms with Crippen LogP contribution >= 0.6 is 23.4 Å². The zero-order valence-electron chi connectivity index (χ0n) is 13.7. The molecule has 0 aliphatic heterocycles. The molecule has 2 aromatic heterocycles. The molecule has 0 bridgehead atoms. The first-order valence-electron chi connectivity index (χ1n) is 7.56. The lowest BCUT2D eigenvalue weighted by atomic mass is 10.2. The molecule has 1 amide bonds. The maximum absolute atomic E-state index is 12.3. The van der Waals surface area contributed by atoms with E-state index in [1.807, 2.05) is 13.0 Å². The molecule has 0 radical (unpaired) electrons. The molecule has 25 heavy (non-hydrogen) atoms. The van der Waals surface area contributed by atoms with Gasteiger partial charge < -0.3 is 13.7 Å². The van der Waals surface area contributed by atoms with Crippen LogP contribution in [0.5, 0.6) is 0 Å². The van der Waals surface area contributed by atoms with Gasteiger partial charge in [-0.25, -0.2) is 0 Å². The summed E-state index contributed by atoms with van der Waals surface area (Å²) in [6, 6.07) is 10.6. The zero-order chi connectivity index (χ0) is 17.8. The van der Waals surface area contributed by atoms with Gasteiger partial charge >= 0.3 is 0 Å². The lowest BCUT2D eigenvalue weighted by Gasteiger charge is -2.22. The average molecular weight is 378 g/mol. The Morgan fingerprint density at radius 1 is 1.28 bits per heavy atom. The van der Waals surface area contributed by atoms with Crippen LogP contribution in [0.1, 0.15) is 18.7 Å². The van der Waals surface area contributed by atoms with Crippen molar-refractivity contribution in [2.24, 2.45) is 0 Å². The predicted octanol–water partition coefficient (Wildman–Crippen LogP) is 4.29. The Morgan fingerprint density at radius 3 is 2.72 bits per heavy atom. The number of benzene rings is 1. The molecule has 2 heterocycles. The third-order valence-electron chi connectivity index (χ3n) is 3.75. The fourth-order valence-corrected chi connectivity index (χ4v) is 2.95. The van der Waals surface area contributed by atoms with E-state index in [4.69, 9.17) is 20.4 Å². The SMILES string of the molecule is CC(c1ccco1)N(C)C(=O)CSc1nnc(-c2ccc(Cl)cc2)o1. The summed E-state index contributed by atoms with van der Waals surface area (Å²) in [4.78, 5) is 14.0. The Morgan fingerprint density at radius 2 is 2.04 bits per heavy atom. The van der Waals surface area contributed by atoms with Gasteiger partial charge in [0.15, 0.2) is 0 Å². The highest BCUT2D eigenvalue weighted by Gasteiger charge is 2.20. The Bertz CT molecular complexity index is 833. The number of hydrogen-bond donors (Lipinski definition) is 0. The second kappa shape index (κ2) is 7.76. The number of carbonyl (C=O) groups excluding carboxylic acids is 1. The number of hydrogen-bond acceptors (Lipinski definition) is 6. The van der Waals surface area contributed by atoms with E-state index in [0.717, 1.165) is 11.3 Å². The molecule has 0 saturated heterocycles. The van der Waals surface area contributed by atoms with Gasteiger partial charge in [0.1, 0.15) is 5.76 Å². The van der Waals surface area contributed by atoms with Gasteiger partial charge in [-0.1, -0.05) is 23.4 Å². The summed E-state index contributed by atoms with van der Waals surface area (Å²) in [6.07, 6.45) is 1.59. The van der Waals surface area contributed by atoms with E-state index in [1.165, 1.54) is 11.8 Å². The minimum Gasteiger partial charge on any atom is -0.467 e. The van der Waals surface area contributed by atoms with Gasteiger partial charge in [0.25, 0.3) is 5.22 Å². The van der Waals surface area contributed by atoms with Gasteiger partial charge in [-0.05, 0) is 43.3 Å². The molecule has 6 nitrogen and oxygen atoms in total. The fourth-order valence-electron chi connectivity index (χ4n) is 2.14. The number of aromatic nitrogens is 2.